The number of ether oxygens (including phenoxy) is 1. The maximum absolute atomic E-state index is 13.4. The number of carbonyl (C=O) groups excluding carboxylic acids is 2. The zero-order chi connectivity index (χ0) is 23.8. The van der Waals surface area contributed by atoms with Gasteiger partial charge in [0.05, 0.1) is 23.7 Å². The van der Waals surface area contributed by atoms with Crippen LogP contribution in [0.3, 0.4) is 0 Å². The van der Waals surface area contributed by atoms with Gasteiger partial charge in [-0.1, -0.05) is 18.2 Å². The molecule has 1 aromatic carbocycles. The number of piperidine rings is 1. The molecule has 10 nitrogen and oxygen atoms in total. The minimum atomic E-state index is -0.280. The van der Waals surface area contributed by atoms with Crippen LogP contribution in [0.25, 0.3) is 28.0 Å². The first-order chi connectivity index (χ1) is 16.5. The number of aryl methyl sites for hydroxylation is 2. The maximum atomic E-state index is 13.4. The molecule has 1 unspecified atom stereocenters. The van der Waals surface area contributed by atoms with E-state index in [1.807, 2.05) is 48.7 Å². The second kappa shape index (κ2) is 8.85. The Morgan fingerprint density at radius 1 is 1.18 bits per heavy atom. The minimum Gasteiger partial charge on any atom is -0.466 e. The van der Waals surface area contributed by atoms with E-state index in [1.165, 1.54) is 0 Å². The number of hydrogen-bond donors (Lipinski definition) is 0. The Morgan fingerprint density at radius 3 is 2.76 bits per heavy atom. The van der Waals surface area contributed by atoms with Crippen LogP contribution in [0.5, 0.6) is 0 Å². The van der Waals surface area contributed by atoms with Gasteiger partial charge in [0.1, 0.15) is 12.1 Å². The Morgan fingerprint density at radius 2 is 2.00 bits per heavy atom. The summed E-state index contributed by atoms with van der Waals surface area (Å²) in [4.78, 5) is 32.1. The molecule has 4 heterocycles. The quantitative estimate of drug-likeness (QED) is 0.420. The molecule has 5 rings (SSSR count). The molecule has 1 atom stereocenters. The highest BCUT2D eigenvalue weighted by Gasteiger charge is 2.30. The predicted octanol–water partition coefficient (Wildman–Crippen LogP) is 2.58. The van der Waals surface area contributed by atoms with E-state index in [2.05, 4.69) is 15.3 Å². The topological polar surface area (TPSA) is 108 Å². The van der Waals surface area contributed by atoms with Crippen molar-refractivity contribution in [2.75, 3.05) is 19.7 Å². The van der Waals surface area contributed by atoms with Crippen LogP contribution in [0.2, 0.25) is 0 Å². The van der Waals surface area contributed by atoms with Crippen molar-refractivity contribution < 1.29 is 14.3 Å². The summed E-state index contributed by atoms with van der Waals surface area (Å²) < 4.78 is 8.71. The first-order valence-corrected chi connectivity index (χ1v) is 11.6. The Kier molecular flexibility index (Phi) is 5.72. The Bertz CT molecular complexity index is 1390. The molecule has 0 saturated carbocycles. The van der Waals surface area contributed by atoms with E-state index < -0.39 is 0 Å². The number of amides is 1. The molecule has 1 aliphatic heterocycles. The maximum Gasteiger partial charge on any atom is 0.310 e. The highest BCUT2D eigenvalue weighted by Crippen LogP contribution is 2.27. The van der Waals surface area contributed by atoms with Gasteiger partial charge in [0, 0.05) is 24.2 Å². The summed E-state index contributed by atoms with van der Waals surface area (Å²) >= 11 is 0. The number of carbonyl (C=O) groups is 2. The average molecular weight is 462 g/mol. The molecule has 0 radical (unpaired) electrons. The Balaban J connectivity index is 1.51. The summed E-state index contributed by atoms with van der Waals surface area (Å²) in [5, 5.41) is 14.1. The summed E-state index contributed by atoms with van der Waals surface area (Å²) in [6, 6.07) is 9.71. The van der Waals surface area contributed by atoms with Gasteiger partial charge < -0.3 is 14.2 Å². The molecule has 4 aromatic rings. The molecule has 0 spiro atoms. The van der Waals surface area contributed by atoms with Crippen LogP contribution in [-0.2, 0) is 20.9 Å². The number of benzene rings is 1. The SMILES string of the molecule is CCOC(=O)C1CCCN(C(=O)Cn2c3ccccc3c3nnc(-n4nc(C)cc4C)nc32)C1. The molecule has 176 valence electrons. The van der Waals surface area contributed by atoms with Gasteiger partial charge in [0.2, 0.25) is 5.91 Å². The predicted molar refractivity (Wildman–Crippen MR) is 125 cm³/mol. The number of likely N-dealkylation sites (tertiary alicyclic amines) is 1. The van der Waals surface area contributed by atoms with Crippen molar-refractivity contribution >= 4 is 33.9 Å². The number of fused-ring (bicyclic) bond motifs is 3. The van der Waals surface area contributed by atoms with E-state index in [-0.39, 0.29) is 24.3 Å². The fourth-order valence-electron chi connectivity index (χ4n) is 4.67. The summed E-state index contributed by atoms with van der Waals surface area (Å²) in [6.45, 7) is 7.07. The van der Waals surface area contributed by atoms with Gasteiger partial charge in [-0.3, -0.25) is 9.59 Å². The number of hydrogen-bond acceptors (Lipinski definition) is 7. The van der Waals surface area contributed by atoms with Crippen molar-refractivity contribution in [1.82, 2.24) is 34.4 Å². The van der Waals surface area contributed by atoms with E-state index in [1.54, 1.807) is 16.5 Å². The fraction of sp³-hybridized carbons (Fsp3) is 0.417. The first kappa shape index (κ1) is 22.0. The van der Waals surface area contributed by atoms with Crippen LogP contribution in [0, 0.1) is 19.8 Å². The van der Waals surface area contributed by atoms with Crippen molar-refractivity contribution in [3.8, 4) is 5.95 Å². The van der Waals surface area contributed by atoms with Crippen LogP contribution in [0.1, 0.15) is 31.2 Å². The smallest absolute Gasteiger partial charge is 0.310 e. The number of aromatic nitrogens is 6. The molecule has 0 aliphatic carbocycles. The molecule has 3 aromatic heterocycles. The van der Waals surface area contributed by atoms with Crippen molar-refractivity contribution in [3.05, 3.63) is 41.7 Å². The summed E-state index contributed by atoms with van der Waals surface area (Å²) in [5.41, 5.74) is 3.83. The fourth-order valence-corrected chi connectivity index (χ4v) is 4.67. The third-order valence-electron chi connectivity index (χ3n) is 6.25. The molecule has 1 saturated heterocycles. The molecular formula is C24H27N7O3. The molecule has 1 fully saturated rings. The number of para-hydroxylation sites is 1. The summed E-state index contributed by atoms with van der Waals surface area (Å²) in [6.07, 6.45) is 1.51. The molecule has 1 aliphatic rings. The van der Waals surface area contributed by atoms with Crippen LogP contribution < -0.4 is 0 Å². The van der Waals surface area contributed by atoms with Crippen LogP contribution in [0.15, 0.2) is 30.3 Å². The normalized spacial score (nSPS) is 16.3. The minimum absolute atomic E-state index is 0.0667. The third-order valence-corrected chi connectivity index (χ3v) is 6.25. The van der Waals surface area contributed by atoms with Crippen molar-refractivity contribution in [3.63, 3.8) is 0 Å². The van der Waals surface area contributed by atoms with Gasteiger partial charge in [-0.05, 0) is 45.7 Å². The zero-order valence-electron chi connectivity index (χ0n) is 19.6. The molecule has 34 heavy (non-hydrogen) atoms. The number of esters is 1. The lowest BCUT2D eigenvalue weighted by Gasteiger charge is -2.31. The van der Waals surface area contributed by atoms with E-state index in [4.69, 9.17) is 9.72 Å². The van der Waals surface area contributed by atoms with Crippen molar-refractivity contribution in [2.45, 2.75) is 40.2 Å². The van der Waals surface area contributed by atoms with E-state index in [0.29, 0.717) is 36.8 Å². The van der Waals surface area contributed by atoms with Crippen molar-refractivity contribution in [2.24, 2.45) is 5.92 Å². The van der Waals surface area contributed by atoms with E-state index >= 15 is 0 Å². The first-order valence-electron chi connectivity index (χ1n) is 11.6. The van der Waals surface area contributed by atoms with E-state index in [9.17, 15) is 9.59 Å². The highest BCUT2D eigenvalue weighted by molar-refractivity contribution is 6.04. The van der Waals surface area contributed by atoms with E-state index in [0.717, 1.165) is 35.1 Å². The Hall–Kier alpha value is -3.82. The van der Waals surface area contributed by atoms with Crippen LogP contribution >= 0.6 is 0 Å². The third kappa shape index (κ3) is 3.89. The Labute approximate surface area is 196 Å². The second-order valence-corrected chi connectivity index (χ2v) is 8.66. The highest BCUT2D eigenvalue weighted by atomic mass is 16.5. The summed E-state index contributed by atoms with van der Waals surface area (Å²) in [7, 11) is 0. The lowest BCUT2D eigenvalue weighted by atomic mass is 9.98. The summed E-state index contributed by atoms with van der Waals surface area (Å²) in [5.74, 6) is -0.223. The standard InChI is InChI=1S/C24H27N7O3/c1-4-34-23(33)17-8-7-11-29(13-17)20(32)14-30-19-10-6-5-9-18(19)21-22(30)25-24(27-26-21)31-16(3)12-15(2)28-31/h5-6,9-10,12,17H,4,7-8,11,13-14H2,1-3H3. The monoisotopic (exact) mass is 461 g/mol. The number of nitrogens with zero attached hydrogens (tertiary/aromatic N) is 7. The van der Waals surface area contributed by atoms with Crippen LogP contribution in [0.4, 0.5) is 0 Å². The van der Waals surface area contributed by atoms with Gasteiger partial charge >= 0.3 is 5.97 Å². The lowest BCUT2D eigenvalue weighted by molar-refractivity contribution is -0.151. The van der Waals surface area contributed by atoms with Gasteiger partial charge in [-0.25, -0.2) is 4.68 Å². The van der Waals surface area contributed by atoms with Gasteiger partial charge in [-0.15, -0.1) is 10.2 Å². The van der Waals surface area contributed by atoms with Gasteiger partial charge in [-0.2, -0.15) is 10.1 Å². The van der Waals surface area contributed by atoms with Crippen LogP contribution in [-0.4, -0.2) is 66.0 Å². The molecule has 0 N–H and O–H groups in total. The lowest BCUT2D eigenvalue weighted by Crippen LogP contribution is -2.44. The average Bonchev–Trinajstić information content (AvgIpc) is 3.35. The molecule has 1 amide bonds. The van der Waals surface area contributed by atoms with Crippen molar-refractivity contribution in [1.29, 1.82) is 0 Å². The molecular weight excluding hydrogens is 434 g/mol. The van der Waals surface area contributed by atoms with Gasteiger partial charge in [0.25, 0.3) is 5.95 Å². The zero-order valence-corrected chi connectivity index (χ0v) is 19.6. The molecule has 0 bridgehead atoms. The largest absolute Gasteiger partial charge is 0.466 e. The number of rotatable bonds is 5. The van der Waals surface area contributed by atoms with Gasteiger partial charge in [0.15, 0.2) is 5.65 Å². The second-order valence-electron chi connectivity index (χ2n) is 8.66. The molecule has 10 heteroatoms.